The first kappa shape index (κ1) is 22.3. The summed E-state index contributed by atoms with van der Waals surface area (Å²) >= 11 is 0. The van der Waals surface area contributed by atoms with Gasteiger partial charge in [-0.1, -0.05) is 12.1 Å². The van der Waals surface area contributed by atoms with Crippen LogP contribution < -0.4 is 0 Å². The average molecular weight is 442 g/mol. The number of aliphatic imine (C=N–C) groups is 1. The fourth-order valence-electron chi connectivity index (χ4n) is 4.58. The molecule has 0 atom stereocenters. The van der Waals surface area contributed by atoms with E-state index in [1.54, 1.807) is 20.8 Å². The zero-order valence-corrected chi connectivity index (χ0v) is 20.2. The summed E-state index contributed by atoms with van der Waals surface area (Å²) in [5.41, 5.74) is 4.50. The lowest BCUT2D eigenvalue weighted by atomic mass is 9.80. The second-order valence-electron chi connectivity index (χ2n) is 10.5. The lowest BCUT2D eigenvalue weighted by Gasteiger charge is -2.30. The van der Waals surface area contributed by atoms with E-state index in [0.717, 1.165) is 54.3 Å². The highest BCUT2D eigenvalue weighted by atomic mass is 32.2. The van der Waals surface area contributed by atoms with Gasteiger partial charge < -0.3 is 0 Å². The predicted molar refractivity (Wildman–Crippen MR) is 129 cm³/mol. The van der Waals surface area contributed by atoms with E-state index in [2.05, 4.69) is 49.4 Å². The van der Waals surface area contributed by atoms with E-state index >= 15 is 0 Å². The van der Waals surface area contributed by atoms with E-state index in [0.29, 0.717) is 17.7 Å². The molecular weight excluding hydrogens is 406 g/mol. The molecule has 5 nitrogen and oxygen atoms in total. The van der Waals surface area contributed by atoms with Gasteiger partial charge >= 0.3 is 0 Å². The van der Waals surface area contributed by atoms with E-state index in [9.17, 15) is 8.42 Å². The van der Waals surface area contributed by atoms with E-state index < -0.39 is 14.6 Å². The Bertz CT molecular complexity index is 1130. The summed E-state index contributed by atoms with van der Waals surface area (Å²) in [6.07, 6.45) is 9.31. The number of hydrogen-bond acceptors (Lipinski definition) is 4. The smallest absolute Gasteiger partial charge is 0.155 e. The van der Waals surface area contributed by atoms with Crippen LogP contribution in [0.5, 0.6) is 0 Å². The van der Waals surface area contributed by atoms with E-state index in [4.69, 9.17) is 4.99 Å². The number of sulfone groups is 1. The van der Waals surface area contributed by atoms with Gasteiger partial charge in [0.15, 0.2) is 9.84 Å². The molecule has 6 heteroatoms. The van der Waals surface area contributed by atoms with Crippen molar-refractivity contribution in [3.8, 4) is 0 Å². The molecule has 4 rings (SSSR count). The van der Waals surface area contributed by atoms with Crippen LogP contribution in [0.3, 0.4) is 0 Å². The molecular formula is C25H35N3O2S. The summed E-state index contributed by atoms with van der Waals surface area (Å²) < 4.78 is 26.4. The third kappa shape index (κ3) is 4.64. The first-order chi connectivity index (χ1) is 14.5. The minimum atomic E-state index is -3.05. The molecule has 1 aliphatic heterocycles. The Labute approximate surface area is 186 Å². The molecule has 31 heavy (non-hydrogen) atoms. The number of allylic oxidation sites excluding steroid dienone is 1. The third-order valence-corrected chi connectivity index (χ3v) is 9.60. The van der Waals surface area contributed by atoms with Gasteiger partial charge in [0.1, 0.15) is 0 Å². The molecule has 1 fully saturated rings. The van der Waals surface area contributed by atoms with Gasteiger partial charge in [-0.3, -0.25) is 9.67 Å². The van der Waals surface area contributed by atoms with Crippen LogP contribution in [0.15, 0.2) is 35.5 Å². The first-order valence-electron chi connectivity index (χ1n) is 11.5. The van der Waals surface area contributed by atoms with Crippen LogP contribution in [-0.2, 0) is 9.84 Å². The highest BCUT2D eigenvalue weighted by Gasteiger charge is 2.34. The second-order valence-corrected chi connectivity index (χ2v) is 13.3. The first-order valence-corrected chi connectivity index (χ1v) is 13.2. The van der Waals surface area contributed by atoms with Crippen LogP contribution in [0.25, 0.3) is 16.6 Å². The van der Waals surface area contributed by atoms with Crippen molar-refractivity contribution in [2.24, 2.45) is 16.8 Å². The van der Waals surface area contributed by atoms with Crippen LogP contribution in [-0.4, -0.2) is 34.4 Å². The zero-order valence-electron chi connectivity index (χ0n) is 19.4. The molecule has 2 aromatic rings. The van der Waals surface area contributed by atoms with Gasteiger partial charge in [0, 0.05) is 35.3 Å². The molecule has 0 radical (unpaired) electrons. The predicted octanol–water partition coefficient (Wildman–Crippen LogP) is 5.82. The molecule has 168 valence electrons. The number of fused-ring (bicyclic) bond motifs is 1. The minimum Gasteiger partial charge on any atom is -0.269 e. The van der Waals surface area contributed by atoms with Gasteiger partial charge in [0.2, 0.25) is 0 Å². The molecule has 2 heterocycles. The zero-order chi connectivity index (χ0) is 22.4. The Morgan fingerprint density at radius 1 is 1.13 bits per heavy atom. The summed E-state index contributed by atoms with van der Waals surface area (Å²) in [4.78, 5) is 5.00. The Morgan fingerprint density at radius 3 is 2.48 bits per heavy atom. The Kier molecular flexibility index (Phi) is 5.88. The van der Waals surface area contributed by atoms with Gasteiger partial charge in [0.05, 0.1) is 21.7 Å². The highest BCUT2D eigenvalue weighted by molar-refractivity contribution is 7.92. The molecule has 0 saturated heterocycles. The van der Waals surface area contributed by atoms with Gasteiger partial charge in [-0.25, -0.2) is 8.42 Å². The molecule has 1 aliphatic carbocycles. The summed E-state index contributed by atoms with van der Waals surface area (Å²) in [7, 11) is -3.05. The SMILES string of the molecule is CC(C)n1cc2cc(C3=CCC(C4CCC(CS(=O)(=O)C(C)(C)C)CC4)=N3)ccc2n1. The summed E-state index contributed by atoms with van der Waals surface area (Å²) in [6, 6.07) is 6.73. The summed E-state index contributed by atoms with van der Waals surface area (Å²) in [5.74, 6) is 1.09. The van der Waals surface area contributed by atoms with Crippen LogP contribution in [0.1, 0.15) is 78.3 Å². The fourth-order valence-corrected chi connectivity index (χ4v) is 6.03. The molecule has 0 spiro atoms. The molecule has 1 aromatic carbocycles. The third-order valence-electron chi connectivity index (χ3n) is 6.82. The molecule has 0 unspecified atom stereocenters. The van der Waals surface area contributed by atoms with E-state index in [-0.39, 0.29) is 5.92 Å². The van der Waals surface area contributed by atoms with Crippen LogP contribution >= 0.6 is 0 Å². The Hall–Kier alpha value is -1.95. The lowest BCUT2D eigenvalue weighted by molar-refractivity contribution is 0.342. The molecule has 1 saturated carbocycles. The van der Waals surface area contributed by atoms with Crippen molar-refractivity contribution in [2.75, 3.05) is 5.75 Å². The largest absolute Gasteiger partial charge is 0.269 e. The maximum Gasteiger partial charge on any atom is 0.155 e. The number of hydrogen-bond donors (Lipinski definition) is 0. The van der Waals surface area contributed by atoms with Gasteiger partial charge in [-0.05, 0) is 84.3 Å². The van der Waals surface area contributed by atoms with Crippen molar-refractivity contribution in [2.45, 2.75) is 77.5 Å². The summed E-state index contributed by atoms with van der Waals surface area (Å²) in [6.45, 7) is 9.69. The Morgan fingerprint density at radius 2 is 1.84 bits per heavy atom. The van der Waals surface area contributed by atoms with E-state index in [1.807, 2.05) is 4.68 Å². The van der Waals surface area contributed by atoms with Crippen LogP contribution in [0.4, 0.5) is 0 Å². The van der Waals surface area contributed by atoms with Crippen LogP contribution in [0, 0.1) is 11.8 Å². The van der Waals surface area contributed by atoms with Crippen molar-refractivity contribution in [1.82, 2.24) is 9.78 Å². The maximum atomic E-state index is 12.6. The number of aromatic nitrogens is 2. The maximum absolute atomic E-state index is 12.6. The van der Waals surface area contributed by atoms with E-state index in [1.165, 1.54) is 5.71 Å². The molecule has 0 N–H and O–H groups in total. The fraction of sp³-hybridized carbons (Fsp3) is 0.600. The van der Waals surface area contributed by atoms with Gasteiger partial charge in [-0.2, -0.15) is 5.10 Å². The van der Waals surface area contributed by atoms with Crippen molar-refractivity contribution < 1.29 is 8.42 Å². The number of rotatable bonds is 5. The van der Waals surface area contributed by atoms with Gasteiger partial charge in [0.25, 0.3) is 0 Å². The number of nitrogens with zero attached hydrogens (tertiary/aromatic N) is 3. The lowest BCUT2D eigenvalue weighted by Crippen LogP contribution is -2.34. The van der Waals surface area contributed by atoms with Crippen molar-refractivity contribution in [3.05, 3.63) is 36.0 Å². The standard InChI is InChI=1S/C25H35N3O2S/c1-17(2)28-15-21-14-20(10-11-24(21)27-28)23-13-12-22(26-23)19-8-6-18(7-9-19)16-31(29,30)25(3,4)5/h10-11,13-15,17-19H,6-9,12,16H2,1-5H3. The summed E-state index contributed by atoms with van der Waals surface area (Å²) in [5, 5.41) is 5.78. The normalized spacial score (nSPS) is 22.8. The van der Waals surface area contributed by atoms with Crippen molar-refractivity contribution in [3.63, 3.8) is 0 Å². The molecule has 1 aromatic heterocycles. The van der Waals surface area contributed by atoms with Crippen molar-refractivity contribution >= 4 is 32.1 Å². The minimum absolute atomic E-state index is 0.287. The number of benzene rings is 1. The molecule has 2 aliphatic rings. The van der Waals surface area contributed by atoms with Gasteiger partial charge in [-0.15, -0.1) is 0 Å². The average Bonchev–Trinajstić information content (AvgIpc) is 3.34. The Balaban J connectivity index is 1.40. The second kappa shape index (κ2) is 8.19. The van der Waals surface area contributed by atoms with Crippen molar-refractivity contribution in [1.29, 1.82) is 0 Å². The quantitative estimate of drug-likeness (QED) is 0.587. The highest BCUT2D eigenvalue weighted by Crippen LogP contribution is 2.36. The molecule has 0 bridgehead atoms. The topological polar surface area (TPSA) is 64.3 Å². The monoisotopic (exact) mass is 441 g/mol. The molecule has 0 amide bonds. The van der Waals surface area contributed by atoms with Crippen LogP contribution in [0.2, 0.25) is 0 Å².